The predicted octanol–water partition coefficient (Wildman–Crippen LogP) is 8.58. The van der Waals surface area contributed by atoms with Gasteiger partial charge in [0.05, 0.1) is 5.56 Å². The predicted molar refractivity (Wildman–Crippen MR) is 143 cm³/mol. The van der Waals surface area contributed by atoms with E-state index in [1.165, 1.54) is 35.8 Å². The summed E-state index contributed by atoms with van der Waals surface area (Å²) < 4.78 is 15.2. The van der Waals surface area contributed by atoms with Crippen LogP contribution >= 0.6 is 0 Å². The minimum Gasteiger partial charge on any atom is -0.507 e. The van der Waals surface area contributed by atoms with Gasteiger partial charge in [0, 0.05) is 16.6 Å². The zero-order valence-electron chi connectivity index (χ0n) is 20.8. The van der Waals surface area contributed by atoms with Crippen LogP contribution < -0.4 is 5.32 Å². The third-order valence-corrected chi connectivity index (χ3v) is 6.92. The van der Waals surface area contributed by atoms with Crippen LogP contribution in [0.2, 0.25) is 0 Å². The molecular weight excluding hydrogens is 437 g/mol. The summed E-state index contributed by atoms with van der Waals surface area (Å²) in [4.78, 5) is 12.8. The van der Waals surface area contributed by atoms with Gasteiger partial charge in [0.1, 0.15) is 11.6 Å². The van der Waals surface area contributed by atoms with E-state index in [9.17, 15) is 9.90 Å². The molecule has 1 aliphatic carbocycles. The quantitative estimate of drug-likeness (QED) is 0.368. The summed E-state index contributed by atoms with van der Waals surface area (Å²) in [5.74, 6) is -1.15. The van der Waals surface area contributed by atoms with Crippen molar-refractivity contribution in [2.45, 2.75) is 47.0 Å². The van der Waals surface area contributed by atoms with E-state index in [1.54, 1.807) is 13.0 Å². The summed E-state index contributed by atoms with van der Waals surface area (Å²) in [7, 11) is 0. The van der Waals surface area contributed by atoms with Crippen molar-refractivity contribution in [2.75, 3.05) is 5.32 Å². The van der Waals surface area contributed by atoms with Crippen molar-refractivity contribution < 1.29 is 14.3 Å². The van der Waals surface area contributed by atoms with Crippen molar-refractivity contribution in [2.24, 2.45) is 5.41 Å². The molecule has 0 saturated heterocycles. The standard InChI is InChI=1S/C31H32FNO2/c1-20-9-8-18-31(3,4)26(20)17-14-21(2)29(32)25-16-15-23(19-28(25)34)30(35)33-27-13-7-11-22-10-5-6-12-24(22)27/h5-7,10-17,19,34H,8-9,18H2,1-4H3,(H,33,35)/b17-14+,29-21-. The molecule has 0 bridgehead atoms. The van der Waals surface area contributed by atoms with E-state index in [-0.39, 0.29) is 28.2 Å². The van der Waals surface area contributed by atoms with Gasteiger partial charge in [0.15, 0.2) is 0 Å². The first kappa shape index (κ1) is 24.5. The molecule has 180 valence electrons. The average Bonchev–Trinajstić information content (AvgIpc) is 2.83. The number of benzene rings is 3. The number of anilines is 1. The number of carbonyl (C=O) groups is 1. The highest BCUT2D eigenvalue weighted by atomic mass is 19.1. The fraction of sp³-hybridized carbons (Fsp3) is 0.258. The average molecular weight is 470 g/mol. The zero-order valence-corrected chi connectivity index (χ0v) is 20.8. The number of aromatic hydroxyl groups is 1. The Morgan fingerprint density at radius 3 is 2.57 bits per heavy atom. The third-order valence-electron chi connectivity index (χ3n) is 6.92. The molecule has 0 aliphatic heterocycles. The summed E-state index contributed by atoms with van der Waals surface area (Å²) in [6.45, 7) is 8.28. The highest BCUT2D eigenvalue weighted by Gasteiger charge is 2.26. The van der Waals surface area contributed by atoms with Gasteiger partial charge < -0.3 is 10.4 Å². The second-order valence-electron chi connectivity index (χ2n) is 9.97. The van der Waals surface area contributed by atoms with Gasteiger partial charge in [-0.25, -0.2) is 4.39 Å². The normalized spacial score (nSPS) is 16.5. The smallest absolute Gasteiger partial charge is 0.255 e. The Morgan fingerprint density at radius 1 is 1.09 bits per heavy atom. The number of fused-ring (bicyclic) bond motifs is 1. The number of phenolic OH excluding ortho intramolecular Hbond substituents is 1. The summed E-state index contributed by atoms with van der Waals surface area (Å²) in [6.07, 6.45) is 7.14. The molecule has 3 aromatic carbocycles. The van der Waals surface area contributed by atoms with E-state index < -0.39 is 5.83 Å². The molecule has 0 unspecified atom stereocenters. The van der Waals surface area contributed by atoms with E-state index in [0.717, 1.165) is 23.6 Å². The van der Waals surface area contributed by atoms with E-state index >= 15 is 4.39 Å². The fourth-order valence-corrected chi connectivity index (χ4v) is 4.89. The van der Waals surface area contributed by atoms with E-state index in [1.807, 2.05) is 48.5 Å². The van der Waals surface area contributed by atoms with Gasteiger partial charge in [0.25, 0.3) is 5.91 Å². The maximum atomic E-state index is 15.2. The van der Waals surface area contributed by atoms with Crippen LogP contribution in [0.25, 0.3) is 16.6 Å². The molecule has 0 fully saturated rings. The van der Waals surface area contributed by atoms with Crippen molar-refractivity contribution in [1.82, 2.24) is 0 Å². The van der Waals surface area contributed by atoms with Gasteiger partial charge in [0.2, 0.25) is 0 Å². The highest BCUT2D eigenvalue weighted by Crippen LogP contribution is 2.41. The second-order valence-corrected chi connectivity index (χ2v) is 9.97. The van der Waals surface area contributed by atoms with Gasteiger partial charge in [-0.15, -0.1) is 0 Å². The van der Waals surface area contributed by atoms with Gasteiger partial charge in [-0.05, 0) is 79.3 Å². The Balaban J connectivity index is 1.56. The molecule has 0 radical (unpaired) electrons. The van der Waals surface area contributed by atoms with E-state index in [0.29, 0.717) is 11.3 Å². The van der Waals surface area contributed by atoms with Gasteiger partial charge in [-0.2, -0.15) is 0 Å². The number of halogens is 1. The molecule has 4 heteroatoms. The minimum atomic E-state index is -0.508. The molecule has 0 aromatic heterocycles. The lowest BCUT2D eigenvalue weighted by atomic mass is 9.72. The molecule has 2 N–H and O–H groups in total. The number of allylic oxidation sites excluding steroid dienone is 5. The summed E-state index contributed by atoms with van der Waals surface area (Å²) in [5, 5.41) is 15.4. The molecule has 1 amide bonds. The molecule has 3 nitrogen and oxygen atoms in total. The second kappa shape index (κ2) is 9.91. The lowest BCUT2D eigenvalue weighted by Crippen LogP contribution is -2.19. The largest absolute Gasteiger partial charge is 0.507 e. The Morgan fingerprint density at radius 2 is 1.83 bits per heavy atom. The van der Waals surface area contributed by atoms with E-state index in [4.69, 9.17) is 0 Å². The number of amides is 1. The van der Waals surface area contributed by atoms with Crippen LogP contribution in [0.4, 0.5) is 10.1 Å². The molecule has 35 heavy (non-hydrogen) atoms. The van der Waals surface area contributed by atoms with Crippen LogP contribution in [0.3, 0.4) is 0 Å². The summed E-state index contributed by atoms with van der Waals surface area (Å²) >= 11 is 0. The van der Waals surface area contributed by atoms with Crippen molar-refractivity contribution >= 4 is 28.2 Å². The molecular formula is C31H32FNO2. The fourth-order valence-electron chi connectivity index (χ4n) is 4.89. The van der Waals surface area contributed by atoms with Gasteiger partial charge in [-0.1, -0.05) is 68.0 Å². The Kier molecular flexibility index (Phi) is 6.93. The number of carbonyl (C=O) groups excluding carboxylic acids is 1. The molecule has 3 aromatic rings. The topological polar surface area (TPSA) is 49.3 Å². The van der Waals surface area contributed by atoms with Gasteiger partial charge >= 0.3 is 0 Å². The number of phenols is 1. The first-order valence-corrected chi connectivity index (χ1v) is 12.0. The maximum Gasteiger partial charge on any atom is 0.255 e. The van der Waals surface area contributed by atoms with Crippen molar-refractivity contribution in [3.63, 3.8) is 0 Å². The summed E-state index contributed by atoms with van der Waals surface area (Å²) in [6, 6.07) is 17.7. The van der Waals surface area contributed by atoms with Crippen LogP contribution in [-0.4, -0.2) is 11.0 Å². The van der Waals surface area contributed by atoms with Crippen LogP contribution in [0.5, 0.6) is 5.75 Å². The third kappa shape index (κ3) is 5.22. The monoisotopic (exact) mass is 469 g/mol. The lowest BCUT2D eigenvalue weighted by Gasteiger charge is -2.33. The van der Waals surface area contributed by atoms with Crippen molar-refractivity contribution in [3.05, 3.63) is 101 Å². The Bertz CT molecular complexity index is 1370. The Hall–Kier alpha value is -3.66. The summed E-state index contributed by atoms with van der Waals surface area (Å²) in [5.41, 5.74) is 4.09. The number of hydrogen-bond acceptors (Lipinski definition) is 2. The van der Waals surface area contributed by atoms with Crippen molar-refractivity contribution in [1.29, 1.82) is 0 Å². The molecule has 0 saturated carbocycles. The number of hydrogen-bond donors (Lipinski definition) is 2. The SMILES string of the molecule is CC1=C(/C=C/C(C)=C(\F)c2ccc(C(=O)Nc3cccc4ccccc34)cc2O)C(C)(C)CCC1. The zero-order chi connectivity index (χ0) is 25.2. The Labute approximate surface area is 206 Å². The number of rotatable bonds is 5. The van der Waals surface area contributed by atoms with Gasteiger partial charge in [-0.3, -0.25) is 4.79 Å². The molecule has 0 spiro atoms. The van der Waals surface area contributed by atoms with Crippen LogP contribution in [-0.2, 0) is 0 Å². The molecule has 4 rings (SSSR count). The van der Waals surface area contributed by atoms with Crippen LogP contribution in [0, 0.1) is 5.41 Å². The molecule has 0 heterocycles. The molecule has 1 aliphatic rings. The van der Waals surface area contributed by atoms with E-state index in [2.05, 4.69) is 26.1 Å². The first-order chi connectivity index (χ1) is 16.7. The highest BCUT2D eigenvalue weighted by molar-refractivity contribution is 6.09. The maximum absolute atomic E-state index is 15.2. The lowest BCUT2D eigenvalue weighted by molar-refractivity contribution is 0.102. The minimum absolute atomic E-state index is 0.0663. The number of nitrogens with one attached hydrogen (secondary N) is 1. The van der Waals surface area contributed by atoms with Crippen molar-refractivity contribution in [3.8, 4) is 5.75 Å². The van der Waals surface area contributed by atoms with Crippen LogP contribution in [0.15, 0.2) is 89.5 Å². The molecule has 0 atom stereocenters. The van der Waals surface area contributed by atoms with Crippen LogP contribution in [0.1, 0.15) is 62.9 Å². The first-order valence-electron chi connectivity index (χ1n) is 12.0.